The molecule has 4 fully saturated rings. The van der Waals surface area contributed by atoms with E-state index in [4.69, 9.17) is 9.47 Å². The van der Waals surface area contributed by atoms with Crippen molar-refractivity contribution in [2.24, 2.45) is 28.1 Å². The zero-order chi connectivity index (χ0) is 23.0. The Kier molecular flexibility index (Phi) is 4.24. The Labute approximate surface area is 193 Å². The van der Waals surface area contributed by atoms with E-state index in [9.17, 15) is 14.4 Å². The Morgan fingerprint density at radius 3 is 2.76 bits per heavy atom. The highest BCUT2D eigenvalue weighted by molar-refractivity contribution is 6.07. The van der Waals surface area contributed by atoms with E-state index in [0.717, 1.165) is 30.4 Å². The lowest BCUT2D eigenvalue weighted by Gasteiger charge is -2.71. The predicted molar refractivity (Wildman–Crippen MR) is 122 cm³/mol. The molecule has 0 amide bonds. The van der Waals surface area contributed by atoms with Crippen molar-refractivity contribution in [3.63, 3.8) is 0 Å². The lowest BCUT2D eigenvalue weighted by Crippen LogP contribution is -2.75. The number of hydrogen-bond donors (Lipinski definition) is 0. The van der Waals surface area contributed by atoms with Crippen molar-refractivity contribution in [2.45, 2.75) is 45.1 Å². The van der Waals surface area contributed by atoms with Gasteiger partial charge < -0.3 is 9.47 Å². The van der Waals surface area contributed by atoms with Crippen LogP contribution >= 0.6 is 0 Å². The molecule has 0 N–H and O–H groups in total. The summed E-state index contributed by atoms with van der Waals surface area (Å²) in [5, 5.41) is 0. The Bertz CT molecular complexity index is 1150. The van der Waals surface area contributed by atoms with Gasteiger partial charge >= 0.3 is 11.9 Å². The average molecular weight is 445 g/mol. The maximum absolute atomic E-state index is 13.6. The molecule has 7 rings (SSSR count). The first kappa shape index (κ1) is 20.6. The van der Waals surface area contributed by atoms with Crippen LogP contribution in [0.15, 0.2) is 60.2 Å². The van der Waals surface area contributed by atoms with Crippen molar-refractivity contribution in [1.29, 1.82) is 0 Å². The summed E-state index contributed by atoms with van der Waals surface area (Å²) >= 11 is 0. The van der Waals surface area contributed by atoms with Crippen molar-refractivity contribution < 1.29 is 23.9 Å². The van der Waals surface area contributed by atoms with Crippen LogP contribution in [0.1, 0.15) is 44.6 Å². The first-order chi connectivity index (χ1) is 15.8. The van der Waals surface area contributed by atoms with Gasteiger partial charge in [0.2, 0.25) is 0 Å². The molecule has 0 aromatic heterocycles. The van der Waals surface area contributed by atoms with Crippen LogP contribution in [0.4, 0.5) is 0 Å². The number of hydrogen-bond acceptors (Lipinski definition) is 5. The molecule has 1 aromatic rings. The Balaban J connectivity index is 1.39. The van der Waals surface area contributed by atoms with Gasteiger partial charge in [0.1, 0.15) is 6.10 Å². The molecule has 3 saturated carbocycles. The Morgan fingerprint density at radius 2 is 1.97 bits per heavy atom. The van der Waals surface area contributed by atoms with E-state index in [2.05, 4.69) is 13.5 Å². The first-order valence-electron chi connectivity index (χ1n) is 11.9. The second-order valence-electron chi connectivity index (χ2n) is 10.8. The minimum atomic E-state index is -0.900. The number of benzene rings is 1. The molecule has 2 unspecified atom stereocenters. The fourth-order valence-corrected chi connectivity index (χ4v) is 7.89. The van der Waals surface area contributed by atoms with Crippen LogP contribution in [-0.2, 0) is 23.9 Å². The SMILES string of the molecule is C=C1C=C2C[C@@]3(C1=O)C2[C@@]12CCC[C@@](C)(COC1=O)C2C[C@H]3OC(=O)/C=C/c1ccccc1. The van der Waals surface area contributed by atoms with Gasteiger partial charge in [-0.05, 0) is 43.2 Å². The van der Waals surface area contributed by atoms with Crippen molar-refractivity contribution in [2.75, 3.05) is 6.61 Å². The number of rotatable bonds is 3. The van der Waals surface area contributed by atoms with Crippen LogP contribution in [0.5, 0.6) is 0 Å². The minimum Gasteiger partial charge on any atom is -0.465 e. The van der Waals surface area contributed by atoms with E-state index in [1.165, 1.54) is 6.08 Å². The molecule has 4 bridgehead atoms. The monoisotopic (exact) mass is 444 g/mol. The van der Waals surface area contributed by atoms with E-state index in [0.29, 0.717) is 25.0 Å². The summed E-state index contributed by atoms with van der Waals surface area (Å²) in [5.74, 6) is -0.936. The van der Waals surface area contributed by atoms with E-state index in [1.54, 1.807) is 6.08 Å². The van der Waals surface area contributed by atoms with E-state index in [-0.39, 0.29) is 29.0 Å². The average Bonchev–Trinajstić information content (AvgIpc) is 2.78. The molecule has 1 spiro atoms. The molecular formula is C28H28O5. The third-order valence-electron chi connectivity index (χ3n) is 9.18. The topological polar surface area (TPSA) is 69.7 Å². The molecule has 1 aromatic carbocycles. The number of carbonyl (C=O) groups is 3. The molecule has 6 atom stereocenters. The quantitative estimate of drug-likeness (QED) is 0.509. The molecule has 0 radical (unpaired) electrons. The summed E-state index contributed by atoms with van der Waals surface area (Å²) in [6, 6.07) is 9.56. The van der Waals surface area contributed by atoms with Crippen LogP contribution in [0.2, 0.25) is 0 Å². The fourth-order valence-electron chi connectivity index (χ4n) is 7.89. The molecular weight excluding hydrogens is 416 g/mol. The molecule has 1 saturated heterocycles. The van der Waals surface area contributed by atoms with E-state index >= 15 is 0 Å². The summed E-state index contributed by atoms with van der Waals surface area (Å²) in [6.07, 6.45) is 8.15. The summed E-state index contributed by atoms with van der Waals surface area (Å²) in [4.78, 5) is 39.9. The molecule has 1 aliphatic heterocycles. The highest BCUT2D eigenvalue weighted by Crippen LogP contribution is 2.76. The second-order valence-corrected chi connectivity index (χ2v) is 10.8. The van der Waals surface area contributed by atoms with E-state index < -0.39 is 22.9 Å². The normalized spacial score (nSPS) is 40.8. The molecule has 170 valence electrons. The lowest BCUT2D eigenvalue weighted by molar-refractivity contribution is -0.253. The van der Waals surface area contributed by atoms with Crippen molar-refractivity contribution in [3.8, 4) is 0 Å². The van der Waals surface area contributed by atoms with E-state index in [1.807, 2.05) is 36.4 Å². The first-order valence-corrected chi connectivity index (χ1v) is 11.9. The minimum absolute atomic E-state index is 0.0249. The summed E-state index contributed by atoms with van der Waals surface area (Å²) in [7, 11) is 0. The summed E-state index contributed by atoms with van der Waals surface area (Å²) in [6.45, 7) is 6.55. The molecule has 5 heteroatoms. The number of carbonyl (C=O) groups excluding carboxylic acids is 3. The largest absolute Gasteiger partial charge is 0.465 e. The molecule has 33 heavy (non-hydrogen) atoms. The standard InChI is InChI=1S/C28H28O5/c1-17-13-19-15-28(24(17)30)21(33-22(29)10-9-18-7-4-3-5-8-18)14-20-26(2)11-6-12-27(20,23(19)28)25(31)32-16-26/h3-5,7-10,13,20-21,23H,1,6,11-12,14-16H2,2H3/b10-9+/t20?,21-,23?,26+,27+,28+/m1/s1. The van der Waals surface area contributed by atoms with Crippen LogP contribution in [0, 0.1) is 28.1 Å². The van der Waals surface area contributed by atoms with Gasteiger partial charge in [-0.25, -0.2) is 4.79 Å². The second kappa shape index (κ2) is 6.78. The zero-order valence-electron chi connectivity index (χ0n) is 18.8. The molecule has 5 aliphatic carbocycles. The highest BCUT2D eigenvalue weighted by atomic mass is 16.5. The number of ketones is 1. The van der Waals surface area contributed by atoms with Gasteiger partial charge in [0.25, 0.3) is 0 Å². The maximum Gasteiger partial charge on any atom is 0.331 e. The Hall–Kier alpha value is -2.95. The highest BCUT2D eigenvalue weighted by Gasteiger charge is 2.79. The van der Waals surface area contributed by atoms with Crippen molar-refractivity contribution in [1.82, 2.24) is 0 Å². The molecule has 5 nitrogen and oxygen atoms in total. The van der Waals surface area contributed by atoms with Crippen molar-refractivity contribution >= 4 is 23.8 Å². The Morgan fingerprint density at radius 1 is 1.18 bits per heavy atom. The summed E-state index contributed by atoms with van der Waals surface area (Å²) in [5.41, 5.74) is 0.681. The lowest BCUT2D eigenvalue weighted by atomic mass is 9.32. The number of ether oxygens (including phenoxy) is 2. The van der Waals surface area contributed by atoms with Gasteiger partial charge in [-0.1, -0.05) is 61.9 Å². The number of Topliss-reactive ketones (excluding diaryl/α,β-unsaturated/α-hetero) is 1. The number of fused-ring (bicyclic) bond motifs is 2. The summed E-state index contributed by atoms with van der Waals surface area (Å²) < 4.78 is 11.8. The van der Waals surface area contributed by atoms with Gasteiger partial charge in [-0.2, -0.15) is 0 Å². The third kappa shape index (κ3) is 2.56. The van der Waals surface area contributed by atoms with Crippen LogP contribution in [-0.4, -0.2) is 30.4 Å². The van der Waals surface area contributed by atoms with Gasteiger partial charge in [0.05, 0.1) is 17.4 Å². The number of allylic oxidation sites excluding steroid dienone is 3. The van der Waals surface area contributed by atoms with Gasteiger partial charge in [-0.3, -0.25) is 9.59 Å². The number of cyclic esters (lactones) is 1. The van der Waals surface area contributed by atoms with Crippen LogP contribution < -0.4 is 0 Å². The van der Waals surface area contributed by atoms with Gasteiger partial charge in [0, 0.05) is 23.0 Å². The molecule has 1 heterocycles. The van der Waals surface area contributed by atoms with Gasteiger partial charge in [-0.15, -0.1) is 0 Å². The smallest absolute Gasteiger partial charge is 0.331 e. The van der Waals surface area contributed by atoms with Crippen LogP contribution in [0.25, 0.3) is 6.08 Å². The fraction of sp³-hybridized carbons (Fsp3) is 0.464. The zero-order valence-corrected chi connectivity index (χ0v) is 18.8. The number of esters is 2. The maximum atomic E-state index is 13.6. The predicted octanol–water partition coefficient (Wildman–Crippen LogP) is 4.44. The molecule has 6 aliphatic rings. The third-order valence-corrected chi connectivity index (χ3v) is 9.18. The van der Waals surface area contributed by atoms with Gasteiger partial charge in [0.15, 0.2) is 5.78 Å². The van der Waals surface area contributed by atoms with Crippen molar-refractivity contribution in [3.05, 3.63) is 65.8 Å². The van der Waals surface area contributed by atoms with Crippen LogP contribution in [0.3, 0.4) is 0 Å².